The number of rotatable bonds is 4. The molecule has 1 aromatic heterocycles. The molecular formula is C14H19BrN2O2. The number of alkyl halides is 1. The van der Waals surface area contributed by atoms with Crippen molar-refractivity contribution >= 4 is 21.8 Å². The fourth-order valence-electron chi connectivity index (χ4n) is 2.56. The van der Waals surface area contributed by atoms with E-state index in [-0.39, 0.29) is 11.4 Å². The van der Waals surface area contributed by atoms with E-state index in [4.69, 9.17) is 4.74 Å². The second-order valence-corrected chi connectivity index (χ2v) is 5.57. The van der Waals surface area contributed by atoms with Crippen LogP contribution in [0.25, 0.3) is 0 Å². The molecule has 0 radical (unpaired) electrons. The molecule has 1 amide bonds. The maximum absolute atomic E-state index is 12.4. The van der Waals surface area contributed by atoms with Crippen molar-refractivity contribution in [1.29, 1.82) is 0 Å². The van der Waals surface area contributed by atoms with E-state index in [0.717, 1.165) is 18.2 Å². The lowest BCUT2D eigenvalue weighted by atomic mass is 9.83. The molecule has 2 rings (SSSR count). The molecule has 104 valence electrons. The number of aromatic nitrogens is 1. The highest BCUT2D eigenvalue weighted by atomic mass is 79.9. The first-order valence-electron chi connectivity index (χ1n) is 6.57. The predicted molar refractivity (Wildman–Crippen MR) is 77.9 cm³/mol. The maximum Gasteiger partial charge on any atom is 0.255 e. The van der Waals surface area contributed by atoms with Gasteiger partial charge in [0.15, 0.2) is 0 Å². The summed E-state index contributed by atoms with van der Waals surface area (Å²) in [7, 11) is 1.55. The summed E-state index contributed by atoms with van der Waals surface area (Å²) in [6.07, 6.45) is 8.81. The molecule has 1 aliphatic rings. The minimum absolute atomic E-state index is 0.0828. The highest BCUT2D eigenvalue weighted by Gasteiger charge is 2.33. The topological polar surface area (TPSA) is 51.2 Å². The van der Waals surface area contributed by atoms with Crippen LogP contribution in [0.2, 0.25) is 0 Å². The maximum atomic E-state index is 12.4. The fraction of sp³-hybridized carbons (Fsp3) is 0.571. The van der Waals surface area contributed by atoms with Crippen LogP contribution in [-0.2, 0) is 0 Å². The number of hydrogen-bond acceptors (Lipinski definition) is 3. The third kappa shape index (κ3) is 3.26. The van der Waals surface area contributed by atoms with Crippen LogP contribution in [0.1, 0.15) is 42.5 Å². The molecule has 0 aliphatic heterocycles. The number of carbonyl (C=O) groups is 1. The average Bonchev–Trinajstić information content (AvgIpc) is 2.48. The van der Waals surface area contributed by atoms with Gasteiger partial charge < -0.3 is 10.1 Å². The highest BCUT2D eigenvalue weighted by molar-refractivity contribution is 9.09. The summed E-state index contributed by atoms with van der Waals surface area (Å²) in [5, 5.41) is 3.97. The molecule has 0 atom stereocenters. The summed E-state index contributed by atoms with van der Waals surface area (Å²) in [6, 6.07) is 1.69. The Morgan fingerprint density at radius 1 is 1.47 bits per heavy atom. The fourth-order valence-corrected chi connectivity index (χ4v) is 3.26. The van der Waals surface area contributed by atoms with Crippen molar-refractivity contribution in [3.63, 3.8) is 0 Å². The Morgan fingerprint density at radius 2 is 2.21 bits per heavy atom. The Bertz CT molecular complexity index is 445. The van der Waals surface area contributed by atoms with Crippen LogP contribution in [0.3, 0.4) is 0 Å². The molecule has 0 aromatic carbocycles. The lowest BCUT2D eigenvalue weighted by Crippen LogP contribution is -2.51. The van der Waals surface area contributed by atoms with Crippen molar-refractivity contribution in [3.8, 4) is 5.75 Å². The monoisotopic (exact) mass is 326 g/mol. The van der Waals surface area contributed by atoms with Gasteiger partial charge in [0.1, 0.15) is 5.75 Å². The van der Waals surface area contributed by atoms with Crippen molar-refractivity contribution in [2.24, 2.45) is 0 Å². The molecule has 19 heavy (non-hydrogen) atoms. The van der Waals surface area contributed by atoms with Crippen molar-refractivity contribution in [2.75, 3.05) is 12.4 Å². The zero-order valence-corrected chi connectivity index (χ0v) is 12.7. The second-order valence-electron chi connectivity index (χ2n) is 5.00. The molecule has 0 bridgehead atoms. The molecule has 0 spiro atoms. The van der Waals surface area contributed by atoms with Gasteiger partial charge in [-0.3, -0.25) is 9.78 Å². The summed E-state index contributed by atoms with van der Waals surface area (Å²) < 4.78 is 5.19. The zero-order chi connectivity index (χ0) is 13.7. The first-order chi connectivity index (χ1) is 9.21. The standard InChI is InChI=1S/C14H19BrN2O2/c1-19-12-9-16-8-5-11(12)13(18)17-14(10-15)6-3-2-4-7-14/h5,8-9H,2-4,6-7,10H2,1H3,(H,17,18). The van der Waals surface area contributed by atoms with E-state index in [1.807, 2.05) is 0 Å². The van der Waals surface area contributed by atoms with E-state index in [0.29, 0.717) is 11.3 Å². The molecule has 5 heteroatoms. The van der Waals surface area contributed by atoms with E-state index in [1.54, 1.807) is 25.6 Å². The third-order valence-corrected chi connectivity index (χ3v) is 4.77. The number of halogens is 1. The first-order valence-corrected chi connectivity index (χ1v) is 7.69. The minimum atomic E-state index is -0.121. The summed E-state index contributed by atoms with van der Waals surface area (Å²) in [4.78, 5) is 16.4. The number of methoxy groups -OCH3 is 1. The second kappa shape index (κ2) is 6.37. The van der Waals surface area contributed by atoms with Crippen molar-refractivity contribution in [1.82, 2.24) is 10.3 Å². The largest absolute Gasteiger partial charge is 0.494 e. The van der Waals surface area contributed by atoms with Crippen molar-refractivity contribution in [2.45, 2.75) is 37.6 Å². The average molecular weight is 327 g/mol. The van der Waals surface area contributed by atoms with Crippen LogP contribution in [0.5, 0.6) is 5.75 Å². The minimum Gasteiger partial charge on any atom is -0.494 e. The summed E-state index contributed by atoms with van der Waals surface area (Å²) in [5.74, 6) is 0.432. The van der Waals surface area contributed by atoms with Crippen LogP contribution in [0, 0.1) is 0 Å². The summed E-state index contributed by atoms with van der Waals surface area (Å²) in [5.41, 5.74) is 0.423. The molecule has 0 unspecified atom stereocenters. The molecule has 1 aliphatic carbocycles. The molecule has 4 nitrogen and oxygen atoms in total. The van der Waals surface area contributed by atoms with Gasteiger partial charge >= 0.3 is 0 Å². The van der Waals surface area contributed by atoms with Gasteiger partial charge in [0, 0.05) is 11.5 Å². The quantitative estimate of drug-likeness (QED) is 0.865. The SMILES string of the molecule is COc1cnccc1C(=O)NC1(CBr)CCCCC1. The van der Waals surface area contributed by atoms with E-state index in [1.165, 1.54) is 19.3 Å². The highest BCUT2D eigenvalue weighted by Crippen LogP contribution is 2.30. The van der Waals surface area contributed by atoms with Crippen LogP contribution in [0.15, 0.2) is 18.5 Å². The smallest absolute Gasteiger partial charge is 0.255 e. The van der Waals surface area contributed by atoms with Crippen molar-refractivity contribution < 1.29 is 9.53 Å². The molecule has 1 fully saturated rings. The number of pyridine rings is 1. The van der Waals surface area contributed by atoms with E-state index in [2.05, 4.69) is 26.2 Å². The van der Waals surface area contributed by atoms with E-state index >= 15 is 0 Å². The Balaban J connectivity index is 2.15. The van der Waals surface area contributed by atoms with Crippen LogP contribution < -0.4 is 10.1 Å². The number of ether oxygens (including phenoxy) is 1. The molecular weight excluding hydrogens is 308 g/mol. The zero-order valence-electron chi connectivity index (χ0n) is 11.1. The Kier molecular flexibility index (Phi) is 4.80. The van der Waals surface area contributed by atoms with Crippen molar-refractivity contribution in [3.05, 3.63) is 24.0 Å². The summed E-state index contributed by atoms with van der Waals surface area (Å²) >= 11 is 3.55. The number of amides is 1. The molecule has 1 saturated carbocycles. The molecule has 0 saturated heterocycles. The van der Waals surface area contributed by atoms with Crippen LogP contribution in [-0.4, -0.2) is 28.9 Å². The molecule has 1 N–H and O–H groups in total. The molecule has 1 heterocycles. The molecule has 1 aromatic rings. The van der Waals surface area contributed by atoms with E-state index < -0.39 is 0 Å². The number of carbonyl (C=O) groups excluding carboxylic acids is 1. The van der Waals surface area contributed by atoms with Crippen LogP contribution >= 0.6 is 15.9 Å². The Morgan fingerprint density at radius 3 is 2.84 bits per heavy atom. The van der Waals surface area contributed by atoms with Gasteiger partial charge in [-0.15, -0.1) is 0 Å². The van der Waals surface area contributed by atoms with Gasteiger partial charge in [0.2, 0.25) is 0 Å². The Labute approximate surface area is 122 Å². The van der Waals surface area contributed by atoms with Gasteiger partial charge in [-0.2, -0.15) is 0 Å². The normalized spacial score (nSPS) is 17.8. The van der Waals surface area contributed by atoms with Gasteiger partial charge in [-0.1, -0.05) is 35.2 Å². The first kappa shape index (κ1) is 14.3. The number of nitrogens with one attached hydrogen (secondary N) is 1. The lowest BCUT2D eigenvalue weighted by molar-refractivity contribution is 0.0883. The van der Waals surface area contributed by atoms with Gasteiger partial charge in [0.05, 0.1) is 24.4 Å². The van der Waals surface area contributed by atoms with Gasteiger partial charge in [-0.05, 0) is 18.9 Å². The van der Waals surface area contributed by atoms with Crippen LogP contribution in [0.4, 0.5) is 0 Å². The number of nitrogens with zero attached hydrogens (tertiary/aromatic N) is 1. The number of hydrogen-bond donors (Lipinski definition) is 1. The van der Waals surface area contributed by atoms with Gasteiger partial charge in [0.25, 0.3) is 5.91 Å². The predicted octanol–water partition coefficient (Wildman–Crippen LogP) is 2.92. The summed E-state index contributed by atoms with van der Waals surface area (Å²) in [6.45, 7) is 0. The van der Waals surface area contributed by atoms with Gasteiger partial charge in [-0.25, -0.2) is 0 Å². The van der Waals surface area contributed by atoms with E-state index in [9.17, 15) is 4.79 Å². The Hall–Kier alpha value is -1.10. The lowest BCUT2D eigenvalue weighted by Gasteiger charge is -2.36. The third-order valence-electron chi connectivity index (χ3n) is 3.69.